The van der Waals surface area contributed by atoms with Crippen molar-refractivity contribution in [1.82, 2.24) is 5.32 Å². The fourth-order valence-corrected chi connectivity index (χ4v) is 2.99. The zero-order valence-electron chi connectivity index (χ0n) is 9.61. The average Bonchev–Trinajstić information content (AvgIpc) is 2.84. The minimum absolute atomic E-state index is 0.0993. The van der Waals surface area contributed by atoms with Crippen LogP contribution in [-0.2, 0) is 0 Å². The lowest BCUT2D eigenvalue weighted by Crippen LogP contribution is -2.43. The minimum atomic E-state index is -0.433. The van der Waals surface area contributed by atoms with Crippen LogP contribution in [0.2, 0.25) is 0 Å². The van der Waals surface area contributed by atoms with E-state index in [9.17, 15) is 9.18 Å². The normalized spacial score (nSPS) is 20.2. The average molecular weight is 265 g/mol. The van der Waals surface area contributed by atoms with Crippen molar-refractivity contribution in [2.45, 2.75) is 6.04 Å². The van der Waals surface area contributed by atoms with E-state index >= 15 is 0 Å². The van der Waals surface area contributed by atoms with Gasteiger partial charge in [0.25, 0.3) is 0 Å². The van der Waals surface area contributed by atoms with E-state index in [4.69, 9.17) is 4.42 Å². The maximum atomic E-state index is 13.5. The Bertz CT molecular complexity index is 590. The molecule has 3 rings (SSSR count). The second-order valence-electron chi connectivity index (χ2n) is 4.21. The SMILES string of the molecule is O=C(c1cc2cccc(F)c2o1)C1CSCCN1. The Balaban J connectivity index is 1.94. The second kappa shape index (κ2) is 4.74. The number of para-hydroxylation sites is 1. The van der Waals surface area contributed by atoms with E-state index in [-0.39, 0.29) is 23.2 Å². The molecule has 1 aromatic heterocycles. The number of hydrogen-bond acceptors (Lipinski definition) is 4. The van der Waals surface area contributed by atoms with Crippen molar-refractivity contribution < 1.29 is 13.6 Å². The molecular weight excluding hydrogens is 253 g/mol. The Morgan fingerprint density at radius 3 is 3.11 bits per heavy atom. The van der Waals surface area contributed by atoms with Gasteiger partial charge in [0.05, 0.1) is 6.04 Å². The first kappa shape index (κ1) is 11.7. The van der Waals surface area contributed by atoms with Gasteiger partial charge in [0.15, 0.2) is 17.2 Å². The molecule has 0 aliphatic carbocycles. The number of nitrogens with one attached hydrogen (secondary N) is 1. The number of thioether (sulfide) groups is 1. The van der Waals surface area contributed by atoms with Crippen molar-refractivity contribution >= 4 is 28.5 Å². The Labute approximate surface area is 108 Å². The van der Waals surface area contributed by atoms with E-state index in [1.807, 2.05) is 0 Å². The Hall–Kier alpha value is -1.33. The monoisotopic (exact) mass is 265 g/mol. The number of hydrogen-bond donors (Lipinski definition) is 1. The van der Waals surface area contributed by atoms with E-state index < -0.39 is 5.82 Å². The van der Waals surface area contributed by atoms with Crippen LogP contribution in [0.1, 0.15) is 10.6 Å². The summed E-state index contributed by atoms with van der Waals surface area (Å²) in [6, 6.07) is 6.06. The van der Waals surface area contributed by atoms with Crippen LogP contribution in [0.15, 0.2) is 28.7 Å². The van der Waals surface area contributed by atoms with Crippen molar-refractivity contribution in [1.29, 1.82) is 0 Å². The molecule has 1 aromatic carbocycles. The molecule has 1 aliphatic rings. The largest absolute Gasteiger partial charge is 0.450 e. The first-order valence-corrected chi connectivity index (χ1v) is 6.94. The molecule has 1 unspecified atom stereocenters. The zero-order valence-corrected chi connectivity index (χ0v) is 10.4. The van der Waals surface area contributed by atoms with Crippen LogP contribution in [0.25, 0.3) is 11.0 Å². The molecule has 94 valence electrons. The number of benzene rings is 1. The number of halogens is 1. The summed E-state index contributed by atoms with van der Waals surface area (Å²) in [6.07, 6.45) is 0. The molecule has 2 heterocycles. The molecule has 1 fully saturated rings. The van der Waals surface area contributed by atoms with E-state index in [1.165, 1.54) is 6.07 Å². The number of furan rings is 1. The van der Waals surface area contributed by atoms with E-state index in [0.29, 0.717) is 5.39 Å². The van der Waals surface area contributed by atoms with E-state index in [1.54, 1.807) is 30.0 Å². The third kappa shape index (κ3) is 2.04. The Morgan fingerprint density at radius 1 is 1.50 bits per heavy atom. The van der Waals surface area contributed by atoms with Gasteiger partial charge in [-0.2, -0.15) is 11.8 Å². The van der Waals surface area contributed by atoms with Gasteiger partial charge in [-0.15, -0.1) is 0 Å². The summed E-state index contributed by atoms with van der Waals surface area (Å²) in [7, 11) is 0. The summed E-state index contributed by atoms with van der Waals surface area (Å²) >= 11 is 1.74. The number of carbonyl (C=O) groups is 1. The van der Waals surface area contributed by atoms with Crippen LogP contribution < -0.4 is 5.32 Å². The fraction of sp³-hybridized carbons (Fsp3) is 0.308. The van der Waals surface area contributed by atoms with Gasteiger partial charge in [-0.1, -0.05) is 12.1 Å². The molecule has 5 heteroatoms. The molecule has 2 aromatic rings. The smallest absolute Gasteiger partial charge is 0.215 e. The standard InChI is InChI=1S/C13H12FNO2S/c14-9-3-1-2-8-6-11(17-13(8)9)12(16)10-7-18-5-4-15-10/h1-3,6,10,15H,4-5,7H2. The molecule has 0 amide bonds. The topological polar surface area (TPSA) is 42.2 Å². The van der Waals surface area contributed by atoms with Crippen LogP contribution in [0.3, 0.4) is 0 Å². The maximum Gasteiger partial charge on any atom is 0.215 e. The van der Waals surface area contributed by atoms with Crippen molar-refractivity contribution in [3.8, 4) is 0 Å². The quantitative estimate of drug-likeness (QED) is 0.847. The first-order valence-electron chi connectivity index (χ1n) is 5.79. The first-order chi connectivity index (χ1) is 8.75. The molecule has 1 atom stereocenters. The summed E-state index contributed by atoms with van der Waals surface area (Å²) < 4.78 is 18.8. The van der Waals surface area contributed by atoms with Crippen molar-refractivity contribution in [3.05, 3.63) is 35.8 Å². The Kier molecular flexibility index (Phi) is 3.09. The van der Waals surface area contributed by atoms with Gasteiger partial charge in [-0.25, -0.2) is 4.39 Å². The van der Waals surface area contributed by atoms with Crippen molar-refractivity contribution in [2.75, 3.05) is 18.1 Å². The molecule has 0 radical (unpaired) electrons. The summed E-state index contributed by atoms with van der Waals surface area (Å²) in [5.41, 5.74) is 0.157. The highest BCUT2D eigenvalue weighted by molar-refractivity contribution is 7.99. The van der Waals surface area contributed by atoms with Crippen molar-refractivity contribution in [3.63, 3.8) is 0 Å². The number of carbonyl (C=O) groups excluding carboxylic acids is 1. The fourth-order valence-electron chi connectivity index (χ4n) is 2.05. The van der Waals surface area contributed by atoms with E-state index in [2.05, 4.69) is 5.32 Å². The van der Waals surface area contributed by atoms with Crippen LogP contribution in [0.4, 0.5) is 4.39 Å². The summed E-state index contributed by atoms with van der Waals surface area (Å²) in [6.45, 7) is 0.815. The second-order valence-corrected chi connectivity index (χ2v) is 5.36. The molecule has 18 heavy (non-hydrogen) atoms. The van der Waals surface area contributed by atoms with Crippen LogP contribution in [0.5, 0.6) is 0 Å². The zero-order chi connectivity index (χ0) is 12.5. The van der Waals surface area contributed by atoms with Crippen LogP contribution >= 0.6 is 11.8 Å². The molecule has 1 saturated heterocycles. The summed E-state index contributed by atoms with van der Waals surface area (Å²) in [5, 5.41) is 3.78. The predicted molar refractivity (Wildman–Crippen MR) is 69.6 cm³/mol. The predicted octanol–water partition coefficient (Wildman–Crippen LogP) is 2.46. The minimum Gasteiger partial charge on any atom is -0.450 e. The van der Waals surface area contributed by atoms with Gasteiger partial charge in [-0.3, -0.25) is 4.79 Å². The molecule has 0 spiro atoms. The van der Waals surface area contributed by atoms with E-state index in [0.717, 1.165) is 18.1 Å². The van der Waals surface area contributed by atoms with Gasteiger partial charge >= 0.3 is 0 Å². The van der Waals surface area contributed by atoms with Crippen LogP contribution in [0, 0.1) is 5.82 Å². The lowest BCUT2D eigenvalue weighted by Gasteiger charge is -2.20. The highest BCUT2D eigenvalue weighted by Crippen LogP contribution is 2.23. The summed E-state index contributed by atoms with van der Waals surface area (Å²) in [4.78, 5) is 12.2. The maximum absolute atomic E-state index is 13.5. The Morgan fingerprint density at radius 2 is 2.39 bits per heavy atom. The highest BCUT2D eigenvalue weighted by atomic mass is 32.2. The molecule has 1 aliphatic heterocycles. The lowest BCUT2D eigenvalue weighted by molar-refractivity contribution is 0.0927. The van der Waals surface area contributed by atoms with Gasteiger partial charge in [-0.05, 0) is 12.1 Å². The molecule has 3 nitrogen and oxygen atoms in total. The molecule has 0 saturated carbocycles. The molecule has 0 bridgehead atoms. The van der Waals surface area contributed by atoms with Gasteiger partial charge in [0, 0.05) is 23.4 Å². The number of ketones is 1. The number of Topliss-reactive ketones (excluding diaryl/α,β-unsaturated/α-hetero) is 1. The van der Waals surface area contributed by atoms with Gasteiger partial charge in [0.2, 0.25) is 5.78 Å². The highest BCUT2D eigenvalue weighted by Gasteiger charge is 2.25. The summed E-state index contributed by atoms with van der Waals surface area (Å²) in [5.74, 6) is 1.45. The van der Waals surface area contributed by atoms with Crippen molar-refractivity contribution in [2.24, 2.45) is 0 Å². The lowest BCUT2D eigenvalue weighted by atomic mass is 10.1. The van der Waals surface area contributed by atoms with Gasteiger partial charge in [0.1, 0.15) is 0 Å². The molecular formula is C13H12FNO2S. The number of fused-ring (bicyclic) bond motifs is 1. The third-order valence-corrected chi connectivity index (χ3v) is 4.04. The van der Waals surface area contributed by atoms with Crippen LogP contribution in [-0.4, -0.2) is 29.9 Å². The molecule has 1 N–H and O–H groups in total. The third-order valence-electron chi connectivity index (χ3n) is 2.98. The van der Waals surface area contributed by atoms with Gasteiger partial charge < -0.3 is 9.73 Å². The number of rotatable bonds is 2.